The van der Waals surface area contributed by atoms with Gasteiger partial charge in [0.15, 0.2) is 0 Å². The van der Waals surface area contributed by atoms with Gasteiger partial charge in [0.05, 0.1) is 21.0 Å². The summed E-state index contributed by atoms with van der Waals surface area (Å²) in [4.78, 5) is 4.37. The van der Waals surface area contributed by atoms with E-state index in [1.807, 2.05) is 12.5 Å². The van der Waals surface area contributed by atoms with Crippen LogP contribution in [0.1, 0.15) is 31.4 Å². The molecule has 25 heavy (non-hydrogen) atoms. The van der Waals surface area contributed by atoms with Crippen LogP contribution in [0.3, 0.4) is 0 Å². The summed E-state index contributed by atoms with van der Waals surface area (Å²) < 4.78 is 2.32. The maximum absolute atomic E-state index is 4.37. The quantitative estimate of drug-likeness (QED) is 0.452. The lowest BCUT2D eigenvalue weighted by Gasteiger charge is -2.37. The monoisotopic (exact) mass is 346 g/mol. The molecule has 0 saturated carbocycles. The van der Waals surface area contributed by atoms with E-state index in [0.717, 1.165) is 6.42 Å². The minimum Gasteiger partial charge on any atom is -0.327 e. The molecule has 0 unspecified atom stereocenters. The number of hydrogen-bond donors (Lipinski definition) is 0. The zero-order chi connectivity index (χ0) is 17.5. The molecular formula is C22H26N2Si. The summed E-state index contributed by atoms with van der Waals surface area (Å²) in [5.74, 6) is 0. The molecule has 0 aliphatic rings. The molecule has 0 spiro atoms. The molecule has 3 rings (SSSR count). The highest BCUT2D eigenvalue weighted by molar-refractivity contribution is 6.42. The second kappa shape index (κ2) is 8.12. The first-order valence-corrected chi connectivity index (χ1v) is 10.7. The zero-order valence-electron chi connectivity index (χ0n) is 15.1. The van der Waals surface area contributed by atoms with Gasteiger partial charge in [-0.25, -0.2) is 4.98 Å². The first-order valence-electron chi connectivity index (χ1n) is 9.02. The van der Waals surface area contributed by atoms with E-state index < -0.39 is 9.52 Å². The molecule has 2 nitrogen and oxygen atoms in total. The second-order valence-electron chi connectivity index (χ2n) is 6.52. The molecule has 0 saturated heterocycles. The van der Waals surface area contributed by atoms with E-state index in [9.17, 15) is 0 Å². The molecular weight excluding hydrogens is 320 g/mol. The lowest BCUT2D eigenvalue weighted by Crippen LogP contribution is -2.41. The van der Waals surface area contributed by atoms with Crippen molar-refractivity contribution in [1.82, 2.24) is 9.55 Å². The summed E-state index contributed by atoms with van der Waals surface area (Å²) in [5.41, 5.74) is 4.22. The fraction of sp³-hybridized carbons (Fsp3) is 0.227. The number of allylic oxidation sites excluding steroid dienone is 2. The van der Waals surface area contributed by atoms with E-state index in [1.165, 1.54) is 22.7 Å². The Kier molecular flexibility index (Phi) is 5.66. The van der Waals surface area contributed by atoms with E-state index in [-0.39, 0.29) is 5.16 Å². The van der Waals surface area contributed by atoms with Crippen LogP contribution in [0.4, 0.5) is 0 Å². The first-order chi connectivity index (χ1) is 12.3. The van der Waals surface area contributed by atoms with Gasteiger partial charge in [-0.15, -0.1) is 0 Å². The molecule has 0 aliphatic carbocycles. The van der Waals surface area contributed by atoms with Crippen molar-refractivity contribution >= 4 is 9.52 Å². The van der Waals surface area contributed by atoms with Gasteiger partial charge in [-0.1, -0.05) is 79.2 Å². The van der Waals surface area contributed by atoms with Crippen molar-refractivity contribution in [2.24, 2.45) is 0 Å². The van der Waals surface area contributed by atoms with Crippen molar-refractivity contribution in [3.63, 3.8) is 0 Å². The minimum absolute atomic E-state index is 0.109. The summed E-state index contributed by atoms with van der Waals surface area (Å²) in [5, 5.41) is -0.109. The molecule has 0 bridgehead atoms. The highest BCUT2D eigenvalue weighted by Crippen LogP contribution is 2.34. The molecule has 3 heteroatoms. The van der Waals surface area contributed by atoms with Crippen LogP contribution in [-0.2, 0) is 5.16 Å². The molecule has 0 amide bonds. The van der Waals surface area contributed by atoms with Gasteiger partial charge in [0.1, 0.15) is 0 Å². The Morgan fingerprint density at radius 2 is 1.64 bits per heavy atom. The van der Waals surface area contributed by atoms with E-state index >= 15 is 0 Å². The normalized spacial score (nSPS) is 12.8. The minimum atomic E-state index is -0.560. The number of nitrogens with zero attached hydrogens (tertiary/aromatic N) is 2. The first kappa shape index (κ1) is 17.4. The van der Waals surface area contributed by atoms with Crippen molar-refractivity contribution in [2.75, 3.05) is 0 Å². The van der Waals surface area contributed by atoms with Gasteiger partial charge in [0.2, 0.25) is 0 Å². The number of rotatable bonds is 7. The number of imidazole rings is 1. The van der Waals surface area contributed by atoms with Crippen LogP contribution in [0.2, 0.25) is 6.04 Å². The largest absolute Gasteiger partial charge is 0.327 e. The third-order valence-electron chi connectivity index (χ3n) is 4.88. The fourth-order valence-corrected chi connectivity index (χ4v) is 6.08. The van der Waals surface area contributed by atoms with E-state index in [0.29, 0.717) is 0 Å². The molecule has 0 radical (unpaired) electrons. The SMILES string of the molecule is CCC=C(C)C[SiH2]C(c1ccccc1)(c1ccccc1)n1ccnc1. The van der Waals surface area contributed by atoms with Crippen LogP contribution in [0.5, 0.6) is 0 Å². The lowest BCUT2D eigenvalue weighted by atomic mass is 9.97. The topological polar surface area (TPSA) is 17.8 Å². The van der Waals surface area contributed by atoms with Gasteiger partial charge in [0, 0.05) is 12.4 Å². The summed E-state index contributed by atoms with van der Waals surface area (Å²) in [6.45, 7) is 4.48. The van der Waals surface area contributed by atoms with Crippen LogP contribution in [0, 0.1) is 0 Å². The van der Waals surface area contributed by atoms with Gasteiger partial charge >= 0.3 is 0 Å². The van der Waals surface area contributed by atoms with Crippen LogP contribution >= 0.6 is 0 Å². The Morgan fingerprint density at radius 3 is 2.12 bits per heavy atom. The van der Waals surface area contributed by atoms with Crippen LogP contribution in [-0.4, -0.2) is 19.1 Å². The fourth-order valence-electron chi connectivity index (χ4n) is 3.62. The molecule has 0 fully saturated rings. The van der Waals surface area contributed by atoms with Gasteiger partial charge in [-0.2, -0.15) is 0 Å². The molecule has 0 aliphatic heterocycles. The predicted molar refractivity (Wildman–Crippen MR) is 109 cm³/mol. The van der Waals surface area contributed by atoms with Crippen molar-refractivity contribution in [3.05, 3.63) is 102 Å². The number of benzene rings is 2. The van der Waals surface area contributed by atoms with Gasteiger partial charge in [-0.05, 0) is 30.5 Å². The maximum Gasteiger partial charge on any atom is 0.0953 e. The molecule has 3 aromatic rings. The summed E-state index contributed by atoms with van der Waals surface area (Å²) in [6.07, 6.45) is 9.46. The molecule has 128 valence electrons. The van der Waals surface area contributed by atoms with Gasteiger partial charge in [0.25, 0.3) is 0 Å². The highest BCUT2D eigenvalue weighted by Gasteiger charge is 2.35. The van der Waals surface area contributed by atoms with E-state index in [4.69, 9.17) is 0 Å². The third kappa shape index (κ3) is 3.66. The van der Waals surface area contributed by atoms with Crippen molar-refractivity contribution in [1.29, 1.82) is 0 Å². The summed E-state index contributed by atoms with van der Waals surface area (Å²) >= 11 is 0. The van der Waals surface area contributed by atoms with Gasteiger partial charge in [-0.3, -0.25) is 0 Å². The van der Waals surface area contributed by atoms with Crippen LogP contribution in [0.15, 0.2) is 91.0 Å². The Morgan fingerprint density at radius 1 is 1.04 bits per heavy atom. The summed E-state index contributed by atoms with van der Waals surface area (Å²) in [6, 6.07) is 23.0. The number of aromatic nitrogens is 2. The second-order valence-corrected chi connectivity index (χ2v) is 8.54. The van der Waals surface area contributed by atoms with Crippen molar-refractivity contribution < 1.29 is 0 Å². The molecule has 1 heterocycles. The zero-order valence-corrected chi connectivity index (χ0v) is 16.5. The predicted octanol–water partition coefficient (Wildman–Crippen LogP) is 4.58. The van der Waals surface area contributed by atoms with Crippen molar-refractivity contribution in [2.45, 2.75) is 31.5 Å². The average molecular weight is 347 g/mol. The molecule has 0 atom stereocenters. The van der Waals surface area contributed by atoms with E-state index in [2.05, 4.69) is 96.3 Å². The Balaban J connectivity index is 2.16. The third-order valence-corrected chi connectivity index (χ3v) is 7.83. The van der Waals surface area contributed by atoms with Crippen LogP contribution < -0.4 is 0 Å². The van der Waals surface area contributed by atoms with Crippen LogP contribution in [0.25, 0.3) is 0 Å². The standard InChI is InChI=1S/C22H26N2Si/c1-3-10-19(2)17-25-22(24-16-15-23-18-24,20-11-6-4-7-12-20)21-13-8-5-9-14-21/h4-16,18H,3,17,25H2,1-2H3. The average Bonchev–Trinajstić information content (AvgIpc) is 3.19. The van der Waals surface area contributed by atoms with E-state index in [1.54, 1.807) is 0 Å². The number of hydrogen-bond acceptors (Lipinski definition) is 1. The van der Waals surface area contributed by atoms with Crippen molar-refractivity contribution in [3.8, 4) is 0 Å². The molecule has 0 N–H and O–H groups in total. The Hall–Kier alpha value is -2.39. The molecule has 1 aromatic heterocycles. The smallest absolute Gasteiger partial charge is 0.0953 e. The van der Waals surface area contributed by atoms with Gasteiger partial charge < -0.3 is 4.57 Å². The summed E-state index contributed by atoms with van der Waals surface area (Å²) in [7, 11) is -0.560. The Labute approximate surface area is 153 Å². The maximum atomic E-state index is 4.37. The highest BCUT2D eigenvalue weighted by atomic mass is 28.2. The molecule has 2 aromatic carbocycles. The Bertz CT molecular complexity index is 753. The lowest BCUT2D eigenvalue weighted by molar-refractivity contribution is 0.592.